The number of rotatable bonds is 1. The summed E-state index contributed by atoms with van der Waals surface area (Å²) in [6.45, 7) is 3.27. The maximum atomic E-state index is 9.19. The zero-order chi connectivity index (χ0) is 8.27. The minimum absolute atomic E-state index is 0.159. The van der Waals surface area contributed by atoms with Gasteiger partial charge in [-0.1, -0.05) is 0 Å². The molecule has 3 nitrogen and oxygen atoms in total. The number of aromatic hydroxyl groups is 1. The van der Waals surface area contributed by atoms with Crippen molar-refractivity contribution in [3.05, 3.63) is 23.8 Å². The van der Waals surface area contributed by atoms with Crippen molar-refractivity contribution in [3.8, 4) is 5.75 Å². The summed E-state index contributed by atoms with van der Waals surface area (Å²) in [6, 6.07) is 4.77. The largest absolute Gasteiger partial charge is 0.507 e. The second kappa shape index (κ2) is 2.90. The molecule has 0 fully saturated rings. The summed E-state index contributed by atoms with van der Waals surface area (Å²) in [5, 5.41) is 9.19. The molecule has 0 radical (unpaired) electrons. The van der Waals surface area contributed by atoms with Crippen LogP contribution in [0.4, 0.5) is 5.69 Å². The van der Waals surface area contributed by atoms with Crippen molar-refractivity contribution >= 4 is 18.6 Å². The number of nitrogens with zero attached hydrogens (tertiary/aromatic N) is 1. The summed E-state index contributed by atoms with van der Waals surface area (Å²) in [6.07, 6.45) is 1.45. The first-order valence-corrected chi connectivity index (χ1v) is 3.11. The monoisotopic (exact) mass is 149 g/mol. The summed E-state index contributed by atoms with van der Waals surface area (Å²) in [5.74, 6) is 0.159. The van der Waals surface area contributed by atoms with Crippen LogP contribution in [-0.2, 0) is 0 Å². The normalized spacial score (nSPS) is 8.73. The molecule has 56 valence electrons. The lowest BCUT2D eigenvalue weighted by atomic mass is 10.2. The third-order valence-electron chi connectivity index (χ3n) is 1.28. The molecule has 0 heterocycles. The summed E-state index contributed by atoms with van der Waals surface area (Å²) in [4.78, 5) is 0. The van der Waals surface area contributed by atoms with Gasteiger partial charge in [-0.3, -0.25) is 0 Å². The van der Waals surface area contributed by atoms with E-state index >= 15 is 0 Å². The smallest absolute Gasteiger partial charge is 0.302 e. The van der Waals surface area contributed by atoms with Gasteiger partial charge >= 0.3 is 6.21 Å². The van der Waals surface area contributed by atoms with E-state index in [1.807, 2.05) is 0 Å². The van der Waals surface area contributed by atoms with E-state index in [1.165, 1.54) is 12.3 Å². The van der Waals surface area contributed by atoms with E-state index in [2.05, 4.69) is 11.4 Å². The highest BCUT2D eigenvalue weighted by atomic mass is 16.3. The van der Waals surface area contributed by atoms with Crippen molar-refractivity contribution in [1.82, 2.24) is 4.67 Å². The van der Waals surface area contributed by atoms with Crippen LogP contribution in [0.5, 0.6) is 5.75 Å². The second-order valence-corrected chi connectivity index (χ2v) is 2.13. The SMILES string of the molecule is C=[N+]=Cc1cc(N)ccc1O. The molecule has 0 aliphatic rings. The Morgan fingerprint density at radius 3 is 2.91 bits per heavy atom. The van der Waals surface area contributed by atoms with Gasteiger partial charge in [-0.05, 0) is 18.2 Å². The molecule has 0 atom stereocenters. The highest BCUT2D eigenvalue weighted by Crippen LogP contribution is 2.16. The van der Waals surface area contributed by atoms with Gasteiger partial charge in [-0.25, -0.2) is 0 Å². The fourth-order valence-electron chi connectivity index (χ4n) is 0.775. The molecular weight excluding hydrogens is 140 g/mol. The molecule has 1 rings (SSSR count). The van der Waals surface area contributed by atoms with Crippen LogP contribution in [0, 0.1) is 0 Å². The van der Waals surface area contributed by atoms with Gasteiger partial charge in [-0.15, -0.1) is 4.67 Å². The van der Waals surface area contributed by atoms with E-state index in [0.717, 1.165) is 0 Å². The van der Waals surface area contributed by atoms with Crippen LogP contribution in [0.1, 0.15) is 5.56 Å². The van der Waals surface area contributed by atoms with Crippen molar-refractivity contribution in [2.75, 3.05) is 5.73 Å². The molecule has 0 amide bonds. The Bertz CT molecular complexity index is 314. The first-order valence-electron chi connectivity index (χ1n) is 3.11. The average molecular weight is 149 g/mol. The number of anilines is 1. The average Bonchev–Trinajstić information content (AvgIpc) is 1.98. The number of hydrogen-bond acceptors (Lipinski definition) is 2. The van der Waals surface area contributed by atoms with Crippen LogP contribution in [0.3, 0.4) is 0 Å². The van der Waals surface area contributed by atoms with Crippen molar-refractivity contribution in [2.45, 2.75) is 0 Å². The fraction of sp³-hybridized carbons (Fsp3) is 0. The van der Waals surface area contributed by atoms with Crippen molar-refractivity contribution in [3.63, 3.8) is 0 Å². The minimum Gasteiger partial charge on any atom is -0.507 e. The molecule has 3 heteroatoms. The minimum atomic E-state index is 0.159. The highest BCUT2D eigenvalue weighted by Gasteiger charge is 2.01. The molecule has 0 spiro atoms. The molecule has 0 bridgehead atoms. The molecule has 0 saturated heterocycles. The molecule has 0 saturated carbocycles. The standard InChI is InChI=1S/C8H8N2O/c1-10-5-6-4-7(9)2-3-8(6)11/h2-5H,1,9H2/p+1. The summed E-state index contributed by atoms with van der Waals surface area (Å²) >= 11 is 0. The third kappa shape index (κ3) is 1.60. The number of hydrogen-bond donors (Lipinski definition) is 2. The molecule has 11 heavy (non-hydrogen) atoms. The van der Waals surface area contributed by atoms with Crippen molar-refractivity contribution in [2.24, 2.45) is 0 Å². The van der Waals surface area contributed by atoms with Crippen LogP contribution >= 0.6 is 0 Å². The van der Waals surface area contributed by atoms with Crippen LogP contribution < -0.4 is 10.4 Å². The Morgan fingerprint density at radius 1 is 1.55 bits per heavy atom. The Hall–Kier alpha value is -1.73. The van der Waals surface area contributed by atoms with Gasteiger partial charge < -0.3 is 10.8 Å². The van der Waals surface area contributed by atoms with Crippen LogP contribution in [0.15, 0.2) is 18.2 Å². The number of nitrogens with two attached hydrogens (primary N) is 1. The van der Waals surface area contributed by atoms with Crippen LogP contribution in [-0.4, -0.2) is 18.0 Å². The molecule has 3 N–H and O–H groups in total. The first kappa shape index (κ1) is 7.38. The van der Waals surface area contributed by atoms with Crippen molar-refractivity contribution in [1.29, 1.82) is 0 Å². The van der Waals surface area contributed by atoms with E-state index in [1.54, 1.807) is 12.1 Å². The van der Waals surface area contributed by atoms with E-state index in [9.17, 15) is 5.11 Å². The predicted octanol–water partition coefficient (Wildman–Crippen LogP) is 0.161. The molecule has 1 aromatic carbocycles. The topological polar surface area (TPSA) is 60.4 Å². The van der Waals surface area contributed by atoms with Crippen LogP contribution in [0.25, 0.3) is 0 Å². The fourth-order valence-corrected chi connectivity index (χ4v) is 0.775. The van der Waals surface area contributed by atoms with Gasteiger partial charge in [0.25, 0.3) is 6.72 Å². The van der Waals surface area contributed by atoms with Gasteiger partial charge in [0.15, 0.2) is 0 Å². The summed E-state index contributed by atoms with van der Waals surface area (Å²) < 4.78 is 3.52. The first-order chi connectivity index (χ1) is 5.24. The second-order valence-electron chi connectivity index (χ2n) is 2.13. The third-order valence-corrected chi connectivity index (χ3v) is 1.28. The number of nitrogen functional groups attached to an aromatic ring is 1. The number of benzene rings is 1. The lowest BCUT2D eigenvalue weighted by Gasteiger charge is -1.94. The van der Waals surface area contributed by atoms with Gasteiger partial charge in [-0.2, -0.15) is 0 Å². The van der Waals surface area contributed by atoms with Gasteiger partial charge in [0, 0.05) is 5.69 Å². The van der Waals surface area contributed by atoms with E-state index in [-0.39, 0.29) is 5.75 Å². The lowest BCUT2D eigenvalue weighted by Crippen LogP contribution is -1.89. The molecule has 0 aliphatic heterocycles. The number of phenols is 1. The van der Waals surface area contributed by atoms with Gasteiger partial charge in [0.2, 0.25) is 0 Å². The van der Waals surface area contributed by atoms with Crippen molar-refractivity contribution < 1.29 is 5.11 Å². The predicted molar refractivity (Wildman–Crippen MR) is 46.9 cm³/mol. The molecule has 1 aromatic rings. The maximum absolute atomic E-state index is 9.19. The van der Waals surface area contributed by atoms with E-state index in [0.29, 0.717) is 11.3 Å². The van der Waals surface area contributed by atoms with Gasteiger partial charge in [0.05, 0.1) is 0 Å². The van der Waals surface area contributed by atoms with Crippen LogP contribution in [0.2, 0.25) is 0 Å². The molecule has 0 aliphatic carbocycles. The lowest BCUT2D eigenvalue weighted by molar-refractivity contribution is 0.474. The van der Waals surface area contributed by atoms with E-state index < -0.39 is 0 Å². The Balaban J connectivity index is 3.22. The quantitative estimate of drug-likeness (QED) is 0.258. The highest BCUT2D eigenvalue weighted by molar-refractivity contribution is 5.84. The Labute approximate surface area is 64.5 Å². The Kier molecular flexibility index (Phi) is 1.95. The molecule has 0 aromatic heterocycles. The molecule has 0 unspecified atom stereocenters. The maximum Gasteiger partial charge on any atom is 0.302 e. The molecular formula is C8H9N2O+. The number of phenolic OH excluding ortho intramolecular Hbond substituents is 1. The zero-order valence-electron chi connectivity index (χ0n) is 5.99. The summed E-state index contributed by atoms with van der Waals surface area (Å²) in [5.41, 5.74) is 6.64. The van der Waals surface area contributed by atoms with Gasteiger partial charge in [0.1, 0.15) is 11.3 Å². The summed E-state index contributed by atoms with van der Waals surface area (Å²) in [7, 11) is 0. The Morgan fingerprint density at radius 2 is 2.27 bits per heavy atom. The van der Waals surface area contributed by atoms with E-state index in [4.69, 9.17) is 5.73 Å². The zero-order valence-corrected chi connectivity index (χ0v) is 5.99.